The first kappa shape index (κ1) is 9.69. The highest BCUT2D eigenvalue weighted by Crippen LogP contribution is 2.32. The Kier molecular flexibility index (Phi) is 2.57. The van der Waals surface area contributed by atoms with E-state index < -0.39 is 0 Å². The summed E-state index contributed by atoms with van der Waals surface area (Å²) in [5, 5.41) is 3.78. The van der Waals surface area contributed by atoms with Gasteiger partial charge >= 0.3 is 0 Å². The second-order valence-electron chi connectivity index (χ2n) is 3.25. The van der Waals surface area contributed by atoms with Gasteiger partial charge in [-0.1, -0.05) is 17.7 Å². The van der Waals surface area contributed by atoms with Gasteiger partial charge in [-0.3, -0.25) is 4.79 Å². The number of carbonyl (C=O) groups excluding carboxylic acids is 1. The zero-order valence-corrected chi connectivity index (χ0v) is 9.28. The molecule has 0 aliphatic heterocycles. The molecule has 1 heterocycles. The van der Waals surface area contributed by atoms with Gasteiger partial charge in [-0.05, 0) is 30.0 Å². The zero-order chi connectivity index (χ0) is 10.1. The number of hydrogen-bond donors (Lipinski definition) is 0. The van der Waals surface area contributed by atoms with Gasteiger partial charge in [0.15, 0.2) is 0 Å². The zero-order valence-electron chi connectivity index (χ0n) is 7.71. The van der Waals surface area contributed by atoms with Crippen LogP contribution in [0.2, 0.25) is 5.02 Å². The maximum absolute atomic E-state index is 11.0. The number of thiophene rings is 1. The first-order valence-electron chi connectivity index (χ1n) is 4.32. The van der Waals surface area contributed by atoms with Gasteiger partial charge in [-0.25, -0.2) is 0 Å². The Labute approximate surface area is 91.3 Å². The summed E-state index contributed by atoms with van der Waals surface area (Å²) in [6.07, 6.45) is 0.476. The molecule has 0 saturated heterocycles. The third-order valence-corrected chi connectivity index (χ3v) is 3.38. The molecule has 0 atom stereocenters. The molecule has 0 saturated carbocycles. The maximum atomic E-state index is 11.0. The molecule has 0 bridgehead atoms. The highest BCUT2D eigenvalue weighted by Gasteiger charge is 2.08. The molecule has 0 unspecified atom stereocenters. The molecule has 72 valence electrons. The highest BCUT2D eigenvalue weighted by molar-refractivity contribution is 7.17. The summed E-state index contributed by atoms with van der Waals surface area (Å²) in [5.74, 6) is 0.171. The minimum absolute atomic E-state index is 0.171. The average Bonchev–Trinajstić information content (AvgIpc) is 2.49. The van der Waals surface area contributed by atoms with Crippen LogP contribution < -0.4 is 0 Å². The van der Waals surface area contributed by atoms with E-state index in [0.29, 0.717) is 6.42 Å². The Morgan fingerprint density at radius 1 is 1.50 bits per heavy atom. The van der Waals surface area contributed by atoms with Crippen LogP contribution in [-0.4, -0.2) is 5.78 Å². The second kappa shape index (κ2) is 3.71. The molecule has 0 fully saturated rings. The lowest BCUT2D eigenvalue weighted by atomic mass is 10.1. The summed E-state index contributed by atoms with van der Waals surface area (Å²) in [4.78, 5) is 11.0. The van der Waals surface area contributed by atoms with Gasteiger partial charge in [0.05, 0.1) is 0 Å². The quantitative estimate of drug-likeness (QED) is 0.761. The number of rotatable bonds is 2. The molecule has 2 aromatic rings. The number of hydrogen-bond acceptors (Lipinski definition) is 2. The monoisotopic (exact) mass is 224 g/mol. The maximum Gasteiger partial charge on any atom is 0.134 e. The van der Waals surface area contributed by atoms with E-state index >= 15 is 0 Å². The summed E-state index contributed by atoms with van der Waals surface area (Å²) >= 11 is 7.72. The van der Waals surface area contributed by atoms with Crippen LogP contribution in [0.25, 0.3) is 10.1 Å². The van der Waals surface area contributed by atoms with E-state index in [2.05, 4.69) is 0 Å². The van der Waals surface area contributed by atoms with Gasteiger partial charge in [-0.2, -0.15) is 0 Å². The Hall–Kier alpha value is -0.860. The molecule has 0 spiro atoms. The van der Waals surface area contributed by atoms with E-state index in [4.69, 9.17) is 11.6 Å². The molecule has 2 rings (SSSR count). The van der Waals surface area contributed by atoms with Crippen molar-refractivity contribution in [3.05, 3.63) is 34.2 Å². The van der Waals surface area contributed by atoms with Crippen molar-refractivity contribution in [2.75, 3.05) is 0 Å². The summed E-state index contributed by atoms with van der Waals surface area (Å²) in [5.41, 5.74) is 1.04. The molecule has 1 aromatic heterocycles. The van der Waals surface area contributed by atoms with E-state index in [1.54, 1.807) is 18.3 Å². The van der Waals surface area contributed by atoms with Crippen LogP contribution in [0, 0.1) is 0 Å². The van der Waals surface area contributed by atoms with Crippen LogP contribution in [-0.2, 0) is 11.2 Å². The third kappa shape index (κ3) is 1.68. The first-order valence-corrected chi connectivity index (χ1v) is 5.58. The molecule has 14 heavy (non-hydrogen) atoms. The SMILES string of the molecule is CC(=O)Cc1csc2cccc(Cl)c12. The van der Waals surface area contributed by atoms with Crippen molar-refractivity contribution in [1.82, 2.24) is 0 Å². The van der Waals surface area contributed by atoms with Crippen molar-refractivity contribution in [3.63, 3.8) is 0 Å². The molecular weight excluding hydrogens is 216 g/mol. The number of fused-ring (bicyclic) bond motifs is 1. The molecule has 0 aliphatic rings. The number of benzene rings is 1. The van der Waals surface area contributed by atoms with Crippen molar-refractivity contribution in [3.8, 4) is 0 Å². The fraction of sp³-hybridized carbons (Fsp3) is 0.182. The largest absolute Gasteiger partial charge is 0.300 e. The first-order chi connectivity index (χ1) is 6.68. The Morgan fingerprint density at radius 2 is 2.29 bits per heavy atom. The lowest BCUT2D eigenvalue weighted by molar-refractivity contribution is -0.116. The predicted octanol–water partition coefficient (Wildman–Crippen LogP) is 3.69. The standard InChI is InChI=1S/C11H9ClOS/c1-7(13)5-8-6-14-10-4-2-3-9(12)11(8)10/h2-4,6H,5H2,1H3. The van der Waals surface area contributed by atoms with Crippen molar-refractivity contribution in [2.24, 2.45) is 0 Å². The molecule has 0 N–H and O–H groups in total. The number of ketones is 1. The minimum Gasteiger partial charge on any atom is -0.300 e. The normalized spacial score (nSPS) is 10.7. The lowest BCUT2D eigenvalue weighted by Crippen LogP contribution is -1.94. The van der Waals surface area contributed by atoms with E-state index in [0.717, 1.165) is 20.7 Å². The van der Waals surface area contributed by atoms with Gasteiger partial charge in [0.25, 0.3) is 0 Å². The van der Waals surface area contributed by atoms with Gasteiger partial charge in [-0.15, -0.1) is 11.3 Å². The van der Waals surface area contributed by atoms with Crippen LogP contribution in [0.3, 0.4) is 0 Å². The van der Waals surface area contributed by atoms with Gasteiger partial charge < -0.3 is 0 Å². The van der Waals surface area contributed by atoms with Gasteiger partial charge in [0, 0.05) is 21.5 Å². The van der Waals surface area contributed by atoms with Crippen LogP contribution in [0.15, 0.2) is 23.6 Å². The summed E-state index contributed by atoms with van der Waals surface area (Å²) in [6.45, 7) is 1.60. The Bertz CT molecular complexity index is 487. The summed E-state index contributed by atoms with van der Waals surface area (Å²) in [7, 11) is 0. The van der Waals surface area contributed by atoms with Crippen LogP contribution >= 0.6 is 22.9 Å². The average molecular weight is 225 g/mol. The van der Waals surface area contributed by atoms with Gasteiger partial charge in [0.1, 0.15) is 5.78 Å². The Morgan fingerprint density at radius 3 is 3.00 bits per heavy atom. The number of Topliss-reactive ketones (excluding diaryl/α,β-unsaturated/α-hetero) is 1. The molecule has 1 aromatic carbocycles. The third-order valence-electron chi connectivity index (χ3n) is 2.06. The van der Waals surface area contributed by atoms with E-state index in [9.17, 15) is 4.79 Å². The van der Waals surface area contributed by atoms with E-state index in [1.165, 1.54) is 0 Å². The van der Waals surface area contributed by atoms with Crippen molar-refractivity contribution in [1.29, 1.82) is 0 Å². The summed E-state index contributed by atoms with van der Waals surface area (Å²) < 4.78 is 1.15. The van der Waals surface area contributed by atoms with E-state index in [1.807, 2.05) is 23.6 Å². The number of carbonyl (C=O) groups is 1. The second-order valence-corrected chi connectivity index (χ2v) is 4.57. The van der Waals surface area contributed by atoms with Crippen molar-refractivity contribution >= 4 is 38.8 Å². The minimum atomic E-state index is 0.171. The van der Waals surface area contributed by atoms with Crippen molar-refractivity contribution < 1.29 is 4.79 Å². The molecule has 3 heteroatoms. The molecular formula is C11H9ClOS. The lowest BCUT2D eigenvalue weighted by Gasteiger charge is -1.97. The van der Waals surface area contributed by atoms with Crippen LogP contribution in [0.4, 0.5) is 0 Å². The molecule has 0 amide bonds. The molecule has 0 aliphatic carbocycles. The Balaban J connectivity index is 2.61. The van der Waals surface area contributed by atoms with Crippen LogP contribution in [0.5, 0.6) is 0 Å². The molecule has 1 nitrogen and oxygen atoms in total. The smallest absolute Gasteiger partial charge is 0.134 e. The highest BCUT2D eigenvalue weighted by atomic mass is 35.5. The molecule has 0 radical (unpaired) electrons. The predicted molar refractivity (Wildman–Crippen MR) is 61.2 cm³/mol. The topological polar surface area (TPSA) is 17.1 Å². The van der Waals surface area contributed by atoms with Crippen LogP contribution in [0.1, 0.15) is 12.5 Å². The van der Waals surface area contributed by atoms with Crippen molar-refractivity contribution in [2.45, 2.75) is 13.3 Å². The fourth-order valence-corrected chi connectivity index (χ4v) is 2.84. The number of halogens is 1. The van der Waals surface area contributed by atoms with Gasteiger partial charge in [0.2, 0.25) is 0 Å². The van der Waals surface area contributed by atoms with E-state index in [-0.39, 0.29) is 5.78 Å². The fourth-order valence-electron chi connectivity index (χ4n) is 1.51. The summed E-state index contributed by atoms with van der Waals surface area (Å²) in [6, 6.07) is 5.81.